The molecule has 1 heterocycles. The molecular weight excluding hydrogens is 210 g/mol. The van der Waals surface area contributed by atoms with Crippen molar-refractivity contribution >= 4 is 0 Å². The average Bonchev–Trinajstić information content (AvgIpc) is 2.28. The van der Waals surface area contributed by atoms with E-state index in [1.54, 1.807) is 0 Å². The summed E-state index contributed by atoms with van der Waals surface area (Å²) >= 11 is 0. The lowest BCUT2D eigenvalue weighted by Gasteiger charge is -2.48. The molecular formula is C14H31N3. The van der Waals surface area contributed by atoms with Crippen LogP contribution in [0.3, 0.4) is 0 Å². The minimum absolute atomic E-state index is 0.288. The van der Waals surface area contributed by atoms with Gasteiger partial charge in [0.2, 0.25) is 0 Å². The Bertz CT molecular complexity index is 216. The van der Waals surface area contributed by atoms with Crippen molar-refractivity contribution in [3.8, 4) is 0 Å². The van der Waals surface area contributed by atoms with Crippen molar-refractivity contribution in [2.24, 2.45) is 5.73 Å². The van der Waals surface area contributed by atoms with Gasteiger partial charge in [0.15, 0.2) is 0 Å². The van der Waals surface area contributed by atoms with Gasteiger partial charge < -0.3 is 5.73 Å². The molecule has 0 aromatic rings. The van der Waals surface area contributed by atoms with Gasteiger partial charge in [0.05, 0.1) is 0 Å². The summed E-state index contributed by atoms with van der Waals surface area (Å²) in [6.45, 7) is 11.2. The maximum atomic E-state index is 5.95. The third kappa shape index (κ3) is 4.23. The summed E-state index contributed by atoms with van der Waals surface area (Å²) < 4.78 is 0. The van der Waals surface area contributed by atoms with Crippen molar-refractivity contribution < 1.29 is 0 Å². The molecule has 1 rings (SSSR count). The molecule has 0 radical (unpaired) electrons. The largest absolute Gasteiger partial charge is 0.329 e. The van der Waals surface area contributed by atoms with Crippen molar-refractivity contribution in [2.75, 3.05) is 33.2 Å². The van der Waals surface area contributed by atoms with Crippen LogP contribution < -0.4 is 5.73 Å². The lowest BCUT2D eigenvalue weighted by Crippen LogP contribution is -2.60. The maximum absolute atomic E-state index is 5.95. The van der Waals surface area contributed by atoms with E-state index in [0.717, 1.165) is 19.6 Å². The van der Waals surface area contributed by atoms with Gasteiger partial charge in [-0.1, -0.05) is 26.2 Å². The van der Waals surface area contributed by atoms with E-state index in [1.807, 2.05) is 0 Å². The molecule has 102 valence electrons. The summed E-state index contributed by atoms with van der Waals surface area (Å²) in [6.07, 6.45) is 5.23. The van der Waals surface area contributed by atoms with Gasteiger partial charge in [0.25, 0.3) is 0 Å². The Labute approximate surface area is 107 Å². The number of rotatable bonds is 6. The van der Waals surface area contributed by atoms with Crippen LogP contribution in [0, 0.1) is 0 Å². The highest BCUT2D eigenvalue weighted by Crippen LogP contribution is 2.22. The molecule has 0 aliphatic carbocycles. The fourth-order valence-electron chi connectivity index (χ4n) is 2.67. The Morgan fingerprint density at radius 3 is 2.47 bits per heavy atom. The van der Waals surface area contributed by atoms with Crippen LogP contribution >= 0.6 is 0 Å². The molecule has 0 aromatic heterocycles. The topological polar surface area (TPSA) is 32.5 Å². The van der Waals surface area contributed by atoms with E-state index in [-0.39, 0.29) is 5.54 Å². The van der Waals surface area contributed by atoms with Gasteiger partial charge in [-0.25, -0.2) is 0 Å². The van der Waals surface area contributed by atoms with Gasteiger partial charge in [0.1, 0.15) is 0 Å². The molecule has 1 atom stereocenters. The molecule has 0 saturated carbocycles. The molecule has 17 heavy (non-hydrogen) atoms. The SMILES string of the molecule is CCCCCC(CN)N1CCN(C)C(C)(C)C1. The van der Waals surface area contributed by atoms with Crippen LogP contribution in [-0.2, 0) is 0 Å². The van der Waals surface area contributed by atoms with Crippen LogP contribution in [0.15, 0.2) is 0 Å². The van der Waals surface area contributed by atoms with Crippen molar-refractivity contribution in [2.45, 2.75) is 58.0 Å². The monoisotopic (exact) mass is 241 g/mol. The molecule has 1 aliphatic rings. The average molecular weight is 241 g/mol. The van der Waals surface area contributed by atoms with Gasteiger partial charge >= 0.3 is 0 Å². The van der Waals surface area contributed by atoms with Gasteiger partial charge in [-0.15, -0.1) is 0 Å². The number of unbranched alkanes of at least 4 members (excludes halogenated alkanes) is 2. The van der Waals surface area contributed by atoms with E-state index in [9.17, 15) is 0 Å². The fourth-order valence-corrected chi connectivity index (χ4v) is 2.67. The van der Waals surface area contributed by atoms with E-state index in [2.05, 4.69) is 37.6 Å². The second-order valence-electron chi connectivity index (χ2n) is 6.09. The molecule has 2 N–H and O–H groups in total. The van der Waals surface area contributed by atoms with Gasteiger partial charge in [0, 0.05) is 37.8 Å². The predicted molar refractivity (Wildman–Crippen MR) is 75.3 cm³/mol. The van der Waals surface area contributed by atoms with Gasteiger partial charge in [-0.3, -0.25) is 9.80 Å². The first-order valence-electron chi connectivity index (χ1n) is 7.16. The molecule has 0 amide bonds. The Balaban J connectivity index is 2.46. The van der Waals surface area contributed by atoms with Crippen LogP contribution in [0.25, 0.3) is 0 Å². The van der Waals surface area contributed by atoms with Crippen molar-refractivity contribution in [3.63, 3.8) is 0 Å². The van der Waals surface area contributed by atoms with E-state index in [1.165, 1.54) is 32.2 Å². The van der Waals surface area contributed by atoms with Crippen LogP contribution in [0.2, 0.25) is 0 Å². The Morgan fingerprint density at radius 2 is 1.94 bits per heavy atom. The molecule has 0 aromatic carbocycles. The highest BCUT2D eigenvalue weighted by atomic mass is 15.3. The van der Waals surface area contributed by atoms with Crippen LogP contribution in [0.5, 0.6) is 0 Å². The normalized spacial score (nSPS) is 23.8. The van der Waals surface area contributed by atoms with Gasteiger partial charge in [-0.2, -0.15) is 0 Å². The zero-order valence-electron chi connectivity index (χ0n) is 12.2. The number of nitrogens with two attached hydrogens (primary N) is 1. The quantitative estimate of drug-likeness (QED) is 0.721. The molecule has 0 bridgehead atoms. The molecule has 1 unspecified atom stereocenters. The van der Waals surface area contributed by atoms with E-state index in [4.69, 9.17) is 5.73 Å². The second-order valence-corrected chi connectivity index (χ2v) is 6.09. The highest BCUT2D eigenvalue weighted by Gasteiger charge is 2.33. The third-order valence-corrected chi connectivity index (χ3v) is 4.28. The molecule has 3 heteroatoms. The zero-order chi connectivity index (χ0) is 12.9. The molecule has 3 nitrogen and oxygen atoms in total. The minimum atomic E-state index is 0.288. The summed E-state index contributed by atoms with van der Waals surface area (Å²) in [5.41, 5.74) is 6.24. The highest BCUT2D eigenvalue weighted by molar-refractivity contribution is 4.91. The molecule has 0 spiro atoms. The zero-order valence-corrected chi connectivity index (χ0v) is 12.2. The first-order valence-corrected chi connectivity index (χ1v) is 7.16. The third-order valence-electron chi connectivity index (χ3n) is 4.28. The van der Waals surface area contributed by atoms with E-state index < -0.39 is 0 Å². The first kappa shape index (κ1) is 14.9. The van der Waals surface area contributed by atoms with Crippen LogP contribution in [0.1, 0.15) is 46.5 Å². The standard InChI is InChI=1S/C14H31N3/c1-5-6-7-8-13(11-15)17-10-9-16(4)14(2,3)12-17/h13H,5-12,15H2,1-4H3. The summed E-state index contributed by atoms with van der Waals surface area (Å²) in [4.78, 5) is 5.07. The number of nitrogens with zero attached hydrogens (tertiary/aromatic N) is 2. The molecule has 1 saturated heterocycles. The van der Waals surface area contributed by atoms with Crippen LogP contribution in [0.4, 0.5) is 0 Å². The maximum Gasteiger partial charge on any atom is 0.0277 e. The lowest BCUT2D eigenvalue weighted by molar-refractivity contribution is 0.0161. The Kier molecular flexibility index (Phi) is 5.90. The smallest absolute Gasteiger partial charge is 0.0277 e. The summed E-state index contributed by atoms with van der Waals surface area (Å²) in [5, 5.41) is 0. The Morgan fingerprint density at radius 1 is 1.24 bits per heavy atom. The van der Waals surface area contributed by atoms with Crippen molar-refractivity contribution in [3.05, 3.63) is 0 Å². The number of hydrogen-bond acceptors (Lipinski definition) is 3. The summed E-state index contributed by atoms with van der Waals surface area (Å²) in [6, 6.07) is 0.592. The van der Waals surface area contributed by atoms with Crippen LogP contribution in [-0.4, -0.2) is 54.6 Å². The Hall–Kier alpha value is -0.120. The summed E-state index contributed by atoms with van der Waals surface area (Å²) in [7, 11) is 2.23. The molecule has 1 aliphatic heterocycles. The minimum Gasteiger partial charge on any atom is -0.329 e. The predicted octanol–water partition coefficient (Wildman–Crippen LogP) is 1.92. The first-order chi connectivity index (χ1) is 8.01. The second kappa shape index (κ2) is 6.72. The summed E-state index contributed by atoms with van der Waals surface area (Å²) in [5.74, 6) is 0. The van der Waals surface area contributed by atoms with Crippen molar-refractivity contribution in [1.29, 1.82) is 0 Å². The fraction of sp³-hybridized carbons (Fsp3) is 1.00. The number of hydrogen-bond donors (Lipinski definition) is 1. The molecule has 1 fully saturated rings. The number of likely N-dealkylation sites (N-methyl/N-ethyl adjacent to an activating group) is 1. The van der Waals surface area contributed by atoms with Gasteiger partial charge in [-0.05, 0) is 27.3 Å². The lowest BCUT2D eigenvalue weighted by atomic mass is 9.97. The number of piperazine rings is 1. The van der Waals surface area contributed by atoms with Crippen molar-refractivity contribution in [1.82, 2.24) is 9.80 Å². The van der Waals surface area contributed by atoms with E-state index >= 15 is 0 Å². The van der Waals surface area contributed by atoms with E-state index in [0.29, 0.717) is 6.04 Å².